The van der Waals surface area contributed by atoms with Crippen LogP contribution in [0, 0.1) is 11.6 Å². The Labute approximate surface area is 179 Å². The summed E-state index contributed by atoms with van der Waals surface area (Å²) in [5.74, 6) is -1.16. The second-order valence-electron chi connectivity index (χ2n) is 8.25. The van der Waals surface area contributed by atoms with Gasteiger partial charge in [-0.3, -0.25) is 4.79 Å². The monoisotopic (exact) mass is 423 g/mol. The third-order valence-electron chi connectivity index (χ3n) is 6.38. The number of nitrogens with one attached hydrogen (secondary N) is 1. The molecular formula is C24H23F2N3O2. The van der Waals surface area contributed by atoms with Crippen molar-refractivity contribution in [1.82, 2.24) is 15.1 Å². The van der Waals surface area contributed by atoms with Crippen LogP contribution in [0.25, 0.3) is 5.69 Å². The minimum Gasteiger partial charge on any atom is -0.382 e. The Morgan fingerprint density at radius 3 is 2.71 bits per heavy atom. The van der Waals surface area contributed by atoms with Crippen LogP contribution in [0.5, 0.6) is 0 Å². The van der Waals surface area contributed by atoms with E-state index in [9.17, 15) is 13.6 Å². The molecule has 2 bridgehead atoms. The summed E-state index contributed by atoms with van der Waals surface area (Å²) >= 11 is 0. The van der Waals surface area contributed by atoms with Crippen LogP contribution in [0.2, 0.25) is 0 Å². The van der Waals surface area contributed by atoms with Gasteiger partial charge in [0.15, 0.2) is 11.5 Å². The first kappa shape index (κ1) is 19.9. The van der Waals surface area contributed by atoms with Gasteiger partial charge in [-0.15, -0.1) is 0 Å². The molecule has 2 unspecified atom stereocenters. The molecule has 3 atom stereocenters. The van der Waals surface area contributed by atoms with Crippen molar-refractivity contribution >= 4 is 5.91 Å². The fourth-order valence-electron chi connectivity index (χ4n) is 5.03. The van der Waals surface area contributed by atoms with E-state index in [4.69, 9.17) is 4.74 Å². The number of halogens is 2. The van der Waals surface area contributed by atoms with Gasteiger partial charge >= 0.3 is 0 Å². The lowest BCUT2D eigenvalue weighted by molar-refractivity contribution is 0.0889. The SMILES string of the molecule is COC[C@@H](NC(=O)c1nn(-c2ccc(F)cc2F)c2c1C1CCC2C1)c1ccccc1. The van der Waals surface area contributed by atoms with E-state index in [1.54, 1.807) is 7.11 Å². The van der Waals surface area contributed by atoms with Gasteiger partial charge in [-0.1, -0.05) is 30.3 Å². The Morgan fingerprint density at radius 1 is 1.19 bits per heavy atom. The first-order valence-corrected chi connectivity index (χ1v) is 10.5. The highest BCUT2D eigenvalue weighted by molar-refractivity contribution is 5.95. The number of hydrogen-bond acceptors (Lipinski definition) is 3. The van der Waals surface area contributed by atoms with Crippen LogP contribution < -0.4 is 5.32 Å². The summed E-state index contributed by atoms with van der Waals surface area (Å²) in [7, 11) is 1.59. The van der Waals surface area contributed by atoms with Crippen molar-refractivity contribution in [2.24, 2.45) is 0 Å². The molecule has 160 valence electrons. The zero-order valence-corrected chi connectivity index (χ0v) is 17.1. The van der Waals surface area contributed by atoms with Crippen molar-refractivity contribution in [2.45, 2.75) is 37.1 Å². The van der Waals surface area contributed by atoms with E-state index in [0.29, 0.717) is 12.3 Å². The fraction of sp³-hybridized carbons (Fsp3) is 0.333. The predicted octanol–water partition coefficient (Wildman–Crippen LogP) is 4.63. The van der Waals surface area contributed by atoms with Crippen molar-refractivity contribution in [3.05, 3.63) is 82.7 Å². The molecule has 1 amide bonds. The molecule has 3 aromatic rings. The number of carbonyl (C=O) groups is 1. The molecule has 7 heteroatoms. The quantitative estimate of drug-likeness (QED) is 0.629. The Balaban J connectivity index is 1.54. The molecule has 0 radical (unpaired) electrons. The van der Waals surface area contributed by atoms with E-state index in [1.807, 2.05) is 30.3 Å². The summed E-state index contributed by atoms with van der Waals surface area (Å²) in [4.78, 5) is 13.3. The Bertz CT molecular complexity index is 1130. The second-order valence-corrected chi connectivity index (χ2v) is 8.25. The number of hydrogen-bond donors (Lipinski definition) is 1. The van der Waals surface area contributed by atoms with Gasteiger partial charge in [0.25, 0.3) is 5.91 Å². The Hall–Kier alpha value is -3.06. The summed E-state index contributed by atoms with van der Waals surface area (Å²) < 4.78 is 34.8. The van der Waals surface area contributed by atoms with Crippen LogP contribution in [-0.4, -0.2) is 29.4 Å². The van der Waals surface area contributed by atoms with Gasteiger partial charge in [-0.05, 0) is 42.9 Å². The summed E-state index contributed by atoms with van der Waals surface area (Å²) in [5.41, 5.74) is 3.21. The summed E-state index contributed by atoms with van der Waals surface area (Å²) in [6.07, 6.45) is 2.93. The molecule has 0 saturated heterocycles. The molecule has 1 fully saturated rings. The van der Waals surface area contributed by atoms with Gasteiger partial charge in [0.1, 0.15) is 11.5 Å². The molecule has 5 rings (SSSR count). The minimum absolute atomic E-state index is 0.167. The zero-order chi connectivity index (χ0) is 21.5. The first-order valence-electron chi connectivity index (χ1n) is 10.5. The number of benzene rings is 2. The molecule has 1 saturated carbocycles. The lowest BCUT2D eigenvalue weighted by atomic mass is 9.95. The molecule has 1 N–H and O–H groups in total. The van der Waals surface area contributed by atoms with E-state index in [0.717, 1.165) is 42.1 Å². The maximum absolute atomic E-state index is 14.6. The van der Waals surface area contributed by atoms with Crippen LogP contribution in [-0.2, 0) is 4.74 Å². The topological polar surface area (TPSA) is 56.1 Å². The van der Waals surface area contributed by atoms with Crippen LogP contribution in [0.3, 0.4) is 0 Å². The minimum atomic E-state index is -0.693. The first-order chi connectivity index (χ1) is 15.1. The molecular weight excluding hydrogens is 400 g/mol. The maximum atomic E-state index is 14.6. The third-order valence-corrected chi connectivity index (χ3v) is 6.38. The lowest BCUT2D eigenvalue weighted by Gasteiger charge is -2.18. The zero-order valence-electron chi connectivity index (χ0n) is 17.1. The highest BCUT2D eigenvalue weighted by Gasteiger charge is 2.44. The number of fused-ring (bicyclic) bond motifs is 5. The largest absolute Gasteiger partial charge is 0.382 e. The van der Waals surface area contributed by atoms with Crippen LogP contribution in [0.1, 0.15) is 64.4 Å². The van der Waals surface area contributed by atoms with Crippen molar-refractivity contribution in [3.63, 3.8) is 0 Å². The summed E-state index contributed by atoms with van der Waals surface area (Å²) in [6.45, 7) is 0.317. The van der Waals surface area contributed by atoms with Crippen LogP contribution in [0.15, 0.2) is 48.5 Å². The summed E-state index contributed by atoms with van der Waals surface area (Å²) in [6, 6.07) is 12.7. The van der Waals surface area contributed by atoms with Gasteiger partial charge in [0, 0.05) is 24.7 Å². The maximum Gasteiger partial charge on any atom is 0.272 e. The van der Waals surface area contributed by atoms with Gasteiger partial charge in [0.2, 0.25) is 0 Å². The second kappa shape index (κ2) is 7.89. The Morgan fingerprint density at radius 2 is 1.97 bits per heavy atom. The number of amides is 1. The average molecular weight is 423 g/mol. The third kappa shape index (κ3) is 3.43. The van der Waals surface area contributed by atoms with E-state index >= 15 is 0 Å². The highest BCUT2D eigenvalue weighted by Crippen LogP contribution is 2.54. The molecule has 0 aliphatic heterocycles. The van der Waals surface area contributed by atoms with Gasteiger partial charge in [-0.2, -0.15) is 5.10 Å². The van der Waals surface area contributed by atoms with E-state index < -0.39 is 11.6 Å². The fourth-order valence-corrected chi connectivity index (χ4v) is 5.03. The molecule has 1 aromatic heterocycles. The lowest BCUT2D eigenvalue weighted by Crippen LogP contribution is -2.32. The van der Waals surface area contributed by atoms with Crippen LogP contribution in [0.4, 0.5) is 8.78 Å². The van der Waals surface area contributed by atoms with Crippen molar-refractivity contribution in [2.75, 3.05) is 13.7 Å². The van der Waals surface area contributed by atoms with E-state index in [1.165, 1.54) is 16.8 Å². The van der Waals surface area contributed by atoms with Gasteiger partial charge in [0.05, 0.1) is 18.3 Å². The summed E-state index contributed by atoms with van der Waals surface area (Å²) in [5, 5.41) is 7.58. The number of rotatable bonds is 6. The molecule has 1 heterocycles. The van der Waals surface area contributed by atoms with Crippen LogP contribution >= 0.6 is 0 Å². The number of nitrogens with zero attached hydrogens (tertiary/aromatic N) is 2. The van der Waals surface area contributed by atoms with E-state index in [2.05, 4.69) is 10.4 Å². The number of methoxy groups -OCH3 is 1. The number of carbonyl (C=O) groups excluding carboxylic acids is 1. The predicted molar refractivity (Wildman–Crippen MR) is 111 cm³/mol. The molecule has 2 aliphatic rings. The average Bonchev–Trinajstić information content (AvgIpc) is 3.47. The molecule has 5 nitrogen and oxygen atoms in total. The number of ether oxygens (including phenoxy) is 1. The van der Waals surface area contributed by atoms with Gasteiger partial charge in [-0.25, -0.2) is 13.5 Å². The normalized spacial score (nSPS) is 20.0. The van der Waals surface area contributed by atoms with E-state index in [-0.39, 0.29) is 29.5 Å². The van der Waals surface area contributed by atoms with Crippen molar-refractivity contribution < 1.29 is 18.3 Å². The standard InChI is InChI=1S/C24H23F2N3O2/c1-31-13-19(14-5-3-2-4-6-14)27-24(30)22-21-15-7-8-16(11-15)23(21)29(28-22)20-10-9-17(25)12-18(20)26/h2-6,9-10,12,15-16,19H,7-8,11,13H2,1H3,(H,27,30)/t15?,16?,19-/m1/s1. The highest BCUT2D eigenvalue weighted by atomic mass is 19.1. The molecule has 31 heavy (non-hydrogen) atoms. The molecule has 2 aromatic carbocycles. The smallest absolute Gasteiger partial charge is 0.272 e. The molecule has 2 aliphatic carbocycles. The number of aromatic nitrogens is 2. The van der Waals surface area contributed by atoms with Crippen molar-refractivity contribution in [1.29, 1.82) is 0 Å². The Kier molecular flexibility index (Phi) is 5.06. The van der Waals surface area contributed by atoms with Gasteiger partial charge < -0.3 is 10.1 Å². The molecule has 0 spiro atoms. The van der Waals surface area contributed by atoms with Crippen molar-refractivity contribution in [3.8, 4) is 5.69 Å².